The van der Waals surface area contributed by atoms with Crippen LogP contribution in [0.15, 0.2) is 6.20 Å². The van der Waals surface area contributed by atoms with Crippen LogP contribution in [0.5, 0.6) is 0 Å². The normalized spacial score (nSPS) is 11.3. The number of aromatic nitrogens is 3. The van der Waals surface area contributed by atoms with Crippen LogP contribution in [0.3, 0.4) is 0 Å². The van der Waals surface area contributed by atoms with Gasteiger partial charge in [0.15, 0.2) is 0 Å². The Morgan fingerprint density at radius 2 is 2.12 bits per heavy atom. The summed E-state index contributed by atoms with van der Waals surface area (Å²) in [6.07, 6.45) is 10.2. The molecule has 0 unspecified atom stereocenters. The van der Waals surface area contributed by atoms with Crippen molar-refractivity contribution in [2.24, 2.45) is 5.92 Å². The summed E-state index contributed by atoms with van der Waals surface area (Å²) in [7, 11) is 0. The Bertz CT molecular complexity index is 297. The molecule has 0 N–H and O–H groups in total. The highest BCUT2D eigenvalue weighted by Gasteiger charge is 2.04. The van der Waals surface area contributed by atoms with Gasteiger partial charge in [0.2, 0.25) is 0 Å². The standard InChI is InChI=1S/C13H25N3S/c1-12(2)7-6-8-13-11-14-15-16(13)9-4-5-10-17-3/h11-12H,4-10H2,1-3H3. The van der Waals surface area contributed by atoms with Crippen LogP contribution in [0.25, 0.3) is 0 Å². The van der Waals surface area contributed by atoms with Crippen molar-refractivity contribution in [2.45, 2.75) is 52.5 Å². The molecular formula is C13H25N3S. The van der Waals surface area contributed by atoms with E-state index < -0.39 is 0 Å². The van der Waals surface area contributed by atoms with E-state index in [9.17, 15) is 0 Å². The van der Waals surface area contributed by atoms with Crippen LogP contribution in [-0.4, -0.2) is 27.0 Å². The molecule has 0 aromatic carbocycles. The summed E-state index contributed by atoms with van der Waals surface area (Å²) in [4.78, 5) is 0. The molecule has 0 bridgehead atoms. The highest BCUT2D eigenvalue weighted by molar-refractivity contribution is 7.98. The lowest BCUT2D eigenvalue weighted by Gasteiger charge is -2.07. The second-order valence-corrected chi connectivity index (χ2v) is 5.92. The minimum Gasteiger partial charge on any atom is -0.249 e. The molecule has 0 amide bonds. The summed E-state index contributed by atoms with van der Waals surface area (Å²) in [5, 5.41) is 8.20. The van der Waals surface area contributed by atoms with Gasteiger partial charge in [-0.3, -0.25) is 0 Å². The zero-order valence-corrected chi connectivity index (χ0v) is 12.2. The summed E-state index contributed by atoms with van der Waals surface area (Å²) in [5.74, 6) is 2.04. The SMILES string of the molecule is CSCCCCn1nncc1CCCC(C)C. The van der Waals surface area contributed by atoms with Gasteiger partial charge in [-0.15, -0.1) is 5.10 Å². The molecule has 98 valence electrons. The molecule has 3 nitrogen and oxygen atoms in total. The maximum absolute atomic E-state index is 4.17. The van der Waals surface area contributed by atoms with Crippen LogP contribution < -0.4 is 0 Å². The molecule has 0 spiro atoms. The second-order valence-electron chi connectivity index (χ2n) is 4.93. The fourth-order valence-electron chi connectivity index (χ4n) is 1.86. The molecule has 0 saturated carbocycles. The van der Waals surface area contributed by atoms with Gasteiger partial charge in [0.25, 0.3) is 0 Å². The molecule has 0 fully saturated rings. The summed E-state index contributed by atoms with van der Waals surface area (Å²) in [6, 6.07) is 0. The van der Waals surface area contributed by atoms with Crippen molar-refractivity contribution in [1.82, 2.24) is 15.0 Å². The average molecular weight is 255 g/mol. The topological polar surface area (TPSA) is 30.7 Å². The predicted molar refractivity (Wildman–Crippen MR) is 75.4 cm³/mol. The molecule has 1 aromatic heterocycles. The molecule has 4 heteroatoms. The third-order valence-electron chi connectivity index (χ3n) is 2.88. The maximum Gasteiger partial charge on any atom is 0.0725 e. The third kappa shape index (κ3) is 6.10. The molecule has 0 saturated heterocycles. The summed E-state index contributed by atoms with van der Waals surface area (Å²) in [5.41, 5.74) is 1.30. The smallest absolute Gasteiger partial charge is 0.0725 e. The van der Waals surface area contributed by atoms with Gasteiger partial charge in [-0.25, -0.2) is 4.68 Å². The Kier molecular flexibility index (Phi) is 7.33. The Hall–Kier alpha value is -0.510. The van der Waals surface area contributed by atoms with Crippen LogP contribution in [0.2, 0.25) is 0 Å². The lowest BCUT2D eigenvalue weighted by atomic mass is 10.1. The maximum atomic E-state index is 4.17. The quantitative estimate of drug-likeness (QED) is 0.634. The van der Waals surface area contributed by atoms with Gasteiger partial charge < -0.3 is 0 Å². The van der Waals surface area contributed by atoms with Crippen molar-refractivity contribution >= 4 is 11.8 Å². The summed E-state index contributed by atoms with van der Waals surface area (Å²) >= 11 is 1.91. The van der Waals surface area contributed by atoms with E-state index >= 15 is 0 Å². The number of nitrogens with zero attached hydrogens (tertiary/aromatic N) is 3. The first-order valence-electron chi connectivity index (χ1n) is 6.60. The highest BCUT2D eigenvalue weighted by Crippen LogP contribution is 2.10. The average Bonchev–Trinajstić information content (AvgIpc) is 2.72. The minimum atomic E-state index is 0.793. The second kappa shape index (κ2) is 8.56. The Labute approximate surface area is 109 Å². The molecule has 0 aliphatic rings. The van der Waals surface area contributed by atoms with Crippen LogP contribution in [0.1, 0.15) is 45.2 Å². The Morgan fingerprint density at radius 1 is 1.29 bits per heavy atom. The van der Waals surface area contributed by atoms with Crippen molar-refractivity contribution < 1.29 is 0 Å². The van der Waals surface area contributed by atoms with Crippen LogP contribution in [0, 0.1) is 5.92 Å². The largest absolute Gasteiger partial charge is 0.249 e. The Balaban J connectivity index is 2.27. The van der Waals surface area contributed by atoms with E-state index in [4.69, 9.17) is 0 Å². The monoisotopic (exact) mass is 255 g/mol. The first-order chi connectivity index (χ1) is 8.24. The number of rotatable bonds is 9. The third-order valence-corrected chi connectivity index (χ3v) is 3.58. The zero-order valence-electron chi connectivity index (χ0n) is 11.4. The Morgan fingerprint density at radius 3 is 2.82 bits per heavy atom. The van der Waals surface area contributed by atoms with Crippen molar-refractivity contribution in [3.05, 3.63) is 11.9 Å². The van der Waals surface area contributed by atoms with Gasteiger partial charge in [0.1, 0.15) is 0 Å². The number of hydrogen-bond acceptors (Lipinski definition) is 3. The van der Waals surface area contributed by atoms with Crippen molar-refractivity contribution in [2.75, 3.05) is 12.0 Å². The number of thioether (sulfide) groups is 1. The van der Waals surface area contributed by atoms with Gasteiger partial charge in [0, 0.05) is 6.54 Å². The molecule has 1 rings (SSSR count). The summed E-state index contributed by atoms with van der Waals surface area (Å²) in [6.45, 7) is 5.58. The van der Waals surface area contributed by atoms with Crippen molar-refractivity contribution in [1.29, 1.82) is 0 Å². The number of unbranched alkanes of at least 4 members (excludes halogenated alkanes) is 1. The van der Waals surface area contributed by atoms with Crippen LogP contribution >= 0.6 is 11.8 Å². The van der Waals surface area contributed by atoms with Crippen LogP contribution in [-0.2, 0) is 13.0 Å². The predicted octanol–water partition coefficient (Wildman–Crippen LogP) is 3.40. The van der Waals surface area contributed by atoms with Gasteiger partial charge >= 0.3 is 0 Å². The molecule has 1 heterocycles. The van der Waals surface area contributed by atoms with Crippen molar-refractivity contribution in [3.8, 4) is 0 Å². The first-order valence-corrected chi connectivity index (χ1v) is 7.99. The van der Waals surface area contributed by atoms with E-state index in [-0.39, 0.29) is 0 Å². The zero-order chi connectivity index (χ0) is 12.5. The molecular weight excluding hydrogens is 230 g/mol. The fraction of sp³-hybridized carbons (Fsp3) is 0.846. The van der Waals surface area contributed by atoms with E-state index in [1.807, 2.05) is 18.0 Å². The highest BCUT2D eigenvalue weighted by atomic mass is 32.2. The van der Waals surface area contributed by atoms with E-state index in [1.165, 1.54) is 37.1 Å². The van der Waals surface area contributed by atoms with E-state index in [0.717, 1.165) is 18.9 Å². The molecule has 17 heavy (non-hydrogen) atoms. The molecule has 0 radical (unpaired) electrons. The summed E-state index contributed by atoms with van der Waals surface area (Å²) < 4.78 is 2.08. The molecule has 0 atom stereocenters. The fourth-order valence-corrected chi connectivity index (χ4v) is 2.35. The van der Waals surface area contributed by atoms with Gasteiger partial charge in [-0.1, -0.05) is 25.5 Å². The lowest BCUT2D eigenvalue weighted by Crippen LogP contribution is -2.06. The number of hydrogen-bond donors (Lipinski definition) is 0. The molecule has 0 aliphatic carbocycles. The van der Waals surface area contributed by atoms with Crippen LogP contribution in [0.4, 0.5) is 0 Å². The minimum absolute atomic E-state index is 0.793. The van der Waals surface area contributed by atoms with Gasteiger partial charge in [-0.2, -0.15) is 11.8 Å². The van der Waals surface area contributed by atoms with Gasteiger partial charge in [-0.05, 0) is 43.6 Å². The molecule has 0 aliphatic heterocycles. The van der Waals surface area contributed by atoms with E-state index in [1.54, 1.807) is 0 Å². The van der Waals surface area contributed by atoms with E-state index in [0.29, 0.717) is 0 Å². The van der Waals surface area contributed by atoms with Crippen molar-refractivity contribution in [3.63, 3.8) is 0 Å². The van der Waals surface area contributed by atoms with Gasteiger partial charge in [0.05, 0.1) is 11.9 Å². The first kappa shape index (κ1) is 14.6. The lowest BCUT2D eigenvalue weighted by molar-refractivity contribution is 0.509. The number of aryl methyl sites for hydroxylation is 2. The van der Waals surface area contributed by atoms with E-state index in [2.05, 4.69) is 35.1 Å². The molecule has 1 aromatic rings.